The monoisotopic (exact) mass is 488 g/mol. The van der Waals surface area contributed by atoms with Crippen LogP contribution in [0, 0.1) is 0 Å². The van der Waals surface area contributed by atoms with Gasteiger partial charge in [-0.1, -0.05) is 48.9 Å². The van der Waals surface area contributed by atoms with Crippen molar-refractivity contribution in [2.75, 3.05) is 23.8 Å². The number of nitrogens with one attached hydrogen (secondary N) is 2. The molecule has 1 aliphatic rings. The van der Waals surface area contributed by atoms with Crippen LogP contribution in [0.1, 0.15) is 42.4 Å². The van der Waals surface area contributed by atoms with Gasteiger partial charge in [-0.3, -0.25) is 14.2 Å². The van der Waals surface area contributed by atoms with Crippen LogP contribution in [0.15, 0.2) is 65.7 Å². The first-order valence-electron chi connectivity index (χ1n) is 11.5. The maximum absolute atomic E-state index is 13.7. The van der Waals surface area contributed by atoms with E-state index in [1.165, 1.54) is 6.33 Å². The molecule has 0 fully saturated rings. The molecule has 1 aliphatic heterocycles. The number of amides is 1. The number of hydrogen-bond donors (Lipinski definition) is 2. The van der Waals surface area contributed by atoms with E-state index < -0.39 is 0 Å². The molecule has 2 N–H and O–H groups in total. The smallest absolute Gasteiger partial charge is 0.264 e. The average Bonchev–Trinajstić information content (AvgIpc) is 2.86. The van der Waals surface area contributed by atoms with E-state index in [9.17, 15) is 9.59 Å². The van der Waals surface area contributed by atoms with Crippen LogP contribution >= 0.6 is 11.6 Å². The van der Waals surface area contributed by atoms with E-state index in [-0.39, 0.29) is 17.5 Å². The molecule has 5 rings (SSSR count). The number of pyridine rings is 1. The van der Waals surface area contributed by atoms with Gasteiger partial charge in [-0.05, 0) is 43.0 Å². The highest BCUT2D eigenvalue weighted by molar-refractivity contribution is 6.35. The highest BCUT2D eigenvalue weighted by Gasteiger charge is 2.29. The minimum Gasteiger partial charge on any atom is -0.361 e. The Morgan fingerprint density at radius 3 is 2.69 bits per heavy atom. The van der Waals surface area contributed by atoms with Crippen LogP contribution in [0.2, 0.25) is 5.02 Å². The Morgan fingerprint density at radius 1 is 1.11 bits per heavy atom. The Kier molecular flexibility index (Phi) is 6.13. The van der Waals surface area contributed by atoms with Gasteiger partial charge in [0.2, 0.25) is 0 Å². The lowest BCUT2D eigenvalue weighted by Gasteiger charge is -2.30. The molecular weight excluding hydrogens is 464 g/mol. The van der Waals surface area contributed by atoms with E-state index in [0.29, 0.717) is 46.5 Å². The highest BCUT2D eigenvalue weighted by Crippen LogP contribution is 2.30. The normalized spacial score (nSPS) is 13.9. The van der Waals surface area contributed by atoms with Crippen LogP contribution in [0.3, 0.4) is 0 Å². The van der Waals surface area contributed by atoms with E-state index in [1.807, 2.05) is 62.4 Å². The Hall–Kier alpha value is -3.91. The number of aromatic nitrogens is 3. The molecule has 178 valence electrons. The zero-order valence-corrected chi connectivity index (χ0v) is 20.2. The van der Waals surface area contributed by atoms with Gasteiger partial charge in [0.05, 0.1) is 23.1 Å². The lowest BCUT2D eigenvalue weighted by Crippen LogP contribution is -2.41. The summed E-state index contributed by atoms with van der Waals surface area (Å²) in [5.74, 6) is 0.790. The van der Waals surface area contributed by atoms with E-state index in [1.54, 1.807) is 15.5 Å². The van der Waals surface area contributed by atoms with Crippen LogP contribution in [0.5, 0.6) is 0 Å². The standard InChI is InChI=1S/C26H25ClN6O2/c1-3-12-32-15-30-23-22(25(32)34)24(29-14-28-23)31-16(2)20-13-17-8-7-11-19(27)21(17)26(35)33(20)18-9-5-4-6-10-18/h4-11,13-14,16H,3,12,15H2,1-2H3,(H2,28,29,30,31). The van der Waals surface area contributed by atoms with Crippen LogP contribution in [-0.4, -0.2) is 38.6 Å². The number of para-hydroxylation sites is 1. The summed E-state index contributed by atoms with van der Waals surface area (Å²) < 4.78 is 1.66. The zero-order chi connectivity index (χ0) is 24.5. The Labute approximate surface area is 207 Å². The van der Waals surface area contributed by atoms with E-state index in [2.05, 4.69) is 20.6 Å². The fraction of sp³-hybridized carbons (Fsp3) is 0.231. The van der Waals surface area contributed by atoms with Gasteiger partial charge in [-0.25, -0.2) is 9.97 Å². The summed E-state index contributed by atoms with van der Waals surface area (Å²) in [4.78, 5) is 37.3. The molecule has 0 spiro atoms. The van der Waals surface area contributed by atoms with Crippen molar-refractivity contribution in [1.29, 1.82) is 0 Å². The summed E-state index contributed by atoms with van der Waals surface area (Å²) >= 11 is 6.42. The minimum atomic E-state index is -0.375. The van der Waals surface area contributed by atoms with Crippen LogP contribution in [0.4, 0.5) is 11.6 Å². The molecule has 0 bridgehead atoms. The molecule has 0 saturated heterocycles. The molecule has 3 heterocycles. The number of fused-ring (bicyclic) bond motifs is 2. The number of nitrogens with zero attached hydrogens (tertiary/aromatic N) is 4. The van der Waals surface area contributed by atoms with Crippen molar-refractivity contribution in [2.45, 2.75) is 26.3 Å². The Morgan fingerprint density at radius 2 is 1.91 bits per heavy atom. The maximum atomic E-state index is 13.7. The number of anilines is 2. The second kappa shape index (κ2) is 9.38. The van der Waals surface area contributed by atoms with Gasteiger partial charge in [0, 0.05) is 17.9 Å². The van der Waals surface area contributed by atoms with Crippen molar-refractivity contribution in [1.82, 2.24) is 19.4 Å². The molecule has 0 radical (unpaired) electrons. The predicted octanol–water partition coefficient (Wildman–Crippen LogP) is 4.84. The van der Waals surface area contributed by atoms with Gasteiger partial charge in [-0.15, -0.1) is 0 Å². The minimum absolute atomic E-state index is 0.123. The Balaban J connectivity index is 1.63. The molecule has 0 aliphatic carbocycles. The zero-order valence-electron chi connectivity index (χ0n) is 19.5. The summed E-state index contributed by atoms with van der Waals surface area (Å²) in [6, 6.07) is 16.4. The molecule has 2 aromatic carbocycles. The van der Waals surface area contributed by atoms with E-state index >= 15 is 0 Å². The first-order chi connectivity index (χ1) is 17.0. The van der Waals surface area contributed by atoms with Crippen molar-refractivity contribution in [3.05, 3.63) is 87.6 Å². The second-order valence-electron chi connectivity index (χ2n) is 8.46. The van der Waals surface area contributed by atoms with Gasteiger partial charge in [-0.2, -0.15) is 0 Å². The summed E-state index contributed by atoms with van der Waals surface area (Å²) in [7, 11) is 0. The lowest BCUT2D eigenvalue weighted by molar-refractivity contribution is 0.0758. The third-order valence-electron chi connectivity index (χ3n) is 6.11. The molecule has 1 atom stereocenters. The summed E-state index contributed by atoms with van der Waals surface area (Å²) in [6.45, 7) is 5.00. The molecule has 2 aromatic heterocycles. The van der Waals surface area contributed by atoms with Crippen molar-refractivity contribution in [3.63, 3.8) is 0 Å². The number of rotatable bonds is 6. The summed E-state index contributed by atoms with van der Waals surface area (Å²) in [6.07, 6.45) is 2.27. The average molecular weight is 489 g/mol. The quantitative estimate of drug-likeness (QED) is 0.403. The van der Waals surface area contributed by atoms with Crippen LogP contribution in [0.25, 0.3) is 16.5 Å². The summed E-state index contributed by atoms with van der Waals surface area (Å²) in [5, 5.41) is 8.18. The van der Waals surface area contributed by atoms with Crippen LogP contribution in [-0.2, 0) is 0 Å². The Bertz CT molecular complexity index is 1470. The summed E-state index contributed by atoms with van der Waals surface area (Å²) in [5.41, 5.74) is 1.63. The predicted molar refractivity (Wildman–Crippen MR) is 138 cm³/mol. The third kappa shape index (κ3) is 4.10. The molecule has 0 saturated carbocycles. The van der Waals surface area contributed by atoms with E-state index in [0.717, 1.165) is 17.5 Å². The van der Waals surface area contributed by atoms with Gasteiger partial charge >= 0.3 is 0 Å². The first kappa shape index (κ1) is 22.9. The fourth-order valence-electron chi connectivity index (χ4n) is 4.46. The van der Waals surface area contributed by atoms with Crippen molar-refractivity contribution >= 4 is 39.9 Å². The highest BCUT2D eigenvalue weighted by atomic mass is 35.5. The van der Waals surface area contributed by atoms with Crippen molar-refractivity contribution in [2.24, 2.45) is 0 Å². The number of benzene rings is 2. The van der Waals surface area contributed by atoms with Gasteiger partial charge < -0.3 is 15.5 Å². The van der Waals surface area contributed by atoms with Crippen LogP contribution < -0.4 is 16.2 Å². The number of halogens is 1. The maximum Gasteiger partial charge on any atom is 0.264 e. The second-order valence-corrected chi connectivity index (χ2v) is 8.87. The molecule has 1 amide bonds. The lowest BCUT2D eigenvalue weighted by atomic mass is 10.1. The molecule has 9 heteroatoms. The first-order valence-corrected chi connectivity index (χ1v) is 11.9. The number of carbonyl (C=O) groups excluding carboxylic acids is 1. The SMILES string of the molecule is CCCN1CNc2ncnc(NC(C)c3cc4cccc(Cl)c4c(=O)n3-c3ccccc3)c2C1=O. The molecule has 4 aromatic rings. The van der Waals surface area contributed by atoms with Crippen molar-refractivity contribution < 1.29 is 4.79 Å². The molecule has 35 heavy (non-hydrogen) atoms. The van der Waals surface area contributed by atoms with Gasteiger partial charge in [0.1, 0.15) is 23.5 Å². The van der Waals surface area contributed by atoms with Gasteiger partial charge in [0.15, 0.2) is 0 Å². The molecular formula is C26H25ClN6O2. The number of hydrogen-bond acceptors (Lipinski definition) is 6. The van der Waals surface area contributed by atoms with E-state index in [4.69, 9.17) is 11.6 Å². The largest absolute Gasteiger partial charge is 0.361 e. The fourth-order valence-corrected chi connectivity index (χ4v) is 4.73. The van der Waals surface area contributed by atoms with Gasteiger partial charge in [0.25, 0.3) is 11.5 Å². The topological polar surface area (TPSA) is 92.2 Å². The molecule has 1 unspecified atom stereocenters. The molecule has 8 nitrogen and oxygen atoms in total. The third-order valence-corrected chi connectivity index (χ3v) is 6.43. The number of carbonyl (C=O) groups is 1. The van der Waals surface area contributed by atoms with Crippen molar-refractivity contribution in [3.8, 4) is 5.69 Å².